The lowest BCUT2D eigenvalue weighted by molar-refractivity contribution is -0.136. The molecule has 0 radical (unpaired) electrons. The van der Waals surface area contributed by atoms with E-state index >= 15 is 0 Å². The smallest absolute Gasteiger partial charge is 0.226 e. The zero-order valence-corrected chi connectivity index (χ0v) is 18.0. The second-order valence-corrected chi connectivity index (χ2v) is 8.40. The summed E-state index contributed by atoms with van der Waals surface area (Å²) in [5.41, 5.74) is 2.70. The molecule has 1 amide bonds. The molecule has 1 aliphatic carbocycles. The van der Waals surface area contributed by atoms with E-state index in [9.17, 15) is 4.79 Å². The Bertz CT molecular complexity index is 1100. The van der Waals surface area contributed by atoms with Gasteiger partial charge in [0.2, 0.25) is 5.91 Å². The highest BCUT2D eigenvalue weighted by Gasteiger charge is 2.35. The fourth-order valence-electron chi connectivity index (χ4n) is 4.56. The van der Waals surface area contributed by atoms with Crippen LogP contribution in [0.2, 0.25) is 0 Å². The maximum Gasteiger partial charge on any atom is 0.226 e. The number of likely N-dealkylation sites (tertiary alicyclic amines) is 1. The normalized spacial score (nSPS) is 20.3. The molecule has 1 fully saturated rings. The number of anilines is 2. The molecule has 0 bridgehead atoms. The second kappa shape index (κ2) is 9.30. The Hall–Kier alpha value is -3.54. The minimum Gasteiger partial charge on any atom is -0.340 e. The molecule has 2 atom stereocenters. The van der Waals surface area contributed by atoms with Crippen molar-refractivity contribution >= 4 is 17.4 Å². The van der Waals surface area contributed by atoms with Crippen molar-refractivity contribution in [3.63, 3.8) is 0 Å². The minimum atomic E-state index is -0.0960. The van der Waals surface area contributed by atoms with Gasteiger partial charge in [-0.1, -0.05) is 30.4 Å². The molecule has 3 heterocycles. The highest BCUT2D eigenvalue weighted by atomic mass is 16.2. The summed E-state index contributed by atoms with van der Waals surface area (Å²) >= 11 is 0. The number of aromatic nitrogens is 3. The van der Waals surface area contributed by atoms with Crippen molar-refractivity contribution in [1.29, 1.82) is 0 Å². The van der Waals surface area contributed by atoms with E-state index in [-0.39, 0.29) is 17.9 Å². The van der Waals surface area contributed by atoms with E-state index in [0.717, 1.165) is 61.4 Å². The summed E-state index contributed by atoms with van der Waals surface area (Å²) in [6.07, 6.45) is 12.5. The number of carbonyl (C=O) groups is 1. The van der Waals surface area contributed by atoms with Gasteiger partial charge in [-0.2, -0.15) is 0 Å². The molecular weight excluding hydrogens is 398 g/mol. The van der Waals surface area contributed by atoms with Gasteiger partial charge in [-0.3, -0.25) is 9.78 Å². The van der Waals surface area contributed by atoms with Crippen molar-refractivity contribution in [3.8, 4) is 11.3 Å². The van der Waals surface area contributed by atoms with E-state index in [0.29, 0.717) is 5.82 Å². The Labute approximate surface area is 188 Å². The molecule has 1 N–H and O–H groups in total. The van der Waals surface area contributed by atoms with Crippen molar-refractivity contribution in [1.82, 2.24) is 19.9 Å². The SMILES string of the molecule is O=C([C@H]1CC=CCC1)N1CCC[C@H]1c1nc(Nc2ccccc2)cc(-c2cccnc2)n1. The summed E-state index contributed by atoms with van der Waals surface area (Å²) in [6.45, 7) is 0.769. The molecular formula is C26H27N5O. The van der Waals surface area contributed by atoms with Crippen LogP contribution in [-0.2, 0) is 4.79 Å². The predicted molar refractivity (Wildman–Crippen MR) is 125 cm³/mol. The van der Waals surface area contributed by atoms with E-state index in [1.165, 1.54) is 0 Å². The van der Waals surface area contributed by atoms with Crippen LogP contribution < -0.4 is 5.32 Å². The number of benzene rings is 1. The topological polar surface area (TPSA) is 71.0 Å². The number of nitrogens with zero attached hydrogens (tertiary/aromatic N) is 4. The van der Waals surface area contributed by atoms with Gasteiger partial charge in [-0.25, -0.2) is 9.97 Å². The Kier molecular flexibility index (Phi) is 5.92. The van der Waals surface area contributed by atoms with Crippen LogP contribution in [0.4, 0.5) is 11.5 Å². The lowest BCUT2D eigenvalue weighted by Gasteiger charge is -2.29. The predicted octanol–water partition coefficient (Wildman–Crippen LogP) is 5.30. The Morgan fingerprint density at radius 3 is 2.72 bits per heavy atom. The Morgan fingerprint density at radius 1 is 1.03 bits per heavy atom. The van der Waals surface area contributed by atoms with Crippen LogP contribution in [0.3, 0.4) is 0 Å². The zero-order valence-electron chi connectivity index (χ0n) is 18.0. The summed E-state index contributed by atoms with van der Waals surface area (Å²) in [4.78, 5) is 29.4. The molecule has 6 heteroatoms. The highest BCUT2D eigenvalue weighted by Crippen LogP contribution is 2.35. The number of para-hydroxylation sites is 1. The molecule has 32 heavy (non-hydrogen) atoms. The first-order chi connectivity index (χ1) is 15.8. The van der Waals surface area contributed by atoms with Gasteiger partial charge in [0.05, 0.1) is 11.7 Å². The van der Waals surface area contributed by atoms with Crippen molar-refractivity contribution in [2.75, 3.05) is 11.9 Å². The van der Waals surface area contributed by atoms with Gasteiger partial charge in [-0.15, -0.1) is 0 Å². The van der Waals surface area contributed by atoms with Crippen LogP contribution in [0.5, 0.6) is 0 Å². The molecule has 0 saturated carbocycles. The van der Waals surface area contributed by atoms with Crippen LogP contribution in [0.25, 0.3) is 11.3 Å². The van der Waals surface area contributed by atoms with Crippen LogP contribution in [0.15, 0.2) is 73.1 Å². The van der Waals surface area contributed by atoms with E-state index in [2.05, 4.69) is 22.5 Å². The van der Waals surface area contributed by atoms with E-state index in [1.54, 1.807) is 6.20 Å². The number of pyridine rings is 1. The van der Waals surface area contributed by atoms with Gasteiger partial charge in [0, 0.05) is 42.2 Å². The Balaban J connectivity index is 1.49. The second-order valence-electron chi connectivity index (χ2n) is 8.40. The maximum absolute atomic E-state index is 13.3. The third kappa shape index (κ3) is 4.40. The number of hydrogen-bond acceptors (Lipinski definition) is 5. The Morgan fingerprint density at radius 2 is 1.94 bits per heavy atom. The molecule has 5 rings (SSSR count). The summed E-state index contributed by atoms with van der Waals surface area (Å²) in [6, 6.07) is 15.7. The van der Waals surface area contributed by atoms with Gasteiger partial charge in [-0.05, 0) is 56.4 Å². The fourth-order valence-corrected chi connectivity index (χ4v) is 4.56. The van der Waals surface area contributed by atoms with Gasteiger partial charge in [0.15, 0.2) is 5.82 Å². The summed E-state index contributed by atoms with van der Waals surface area (Å²) in [5.74, 6) is 1.73. The molecule has 1 saturated heterocycles. The van der Waals surface area contributed by atoms with Gasteiger partial charge < -0.3 is 10.2 Å². The van der Waals surface area contributed by atoms with Crippen molar-refractivity contribution < 1.29 is 4.79 Å². The van der Waals surface area contributed by atoms with Crippen LogP contribution in [-0.4, -0.2) is 32.3 Å². The number of hydrogen-bond donors (Lipinski definition) is 1. The van der Waals surface area contributed by atoms with Gasteiger partial charge >= 0.3 is 0 Å². The van der Waals surface area contributed by atoms with E-state index < -0.39 is 0 Å². The van der Waals surface area contributed by atoms with Gasteiger partial charge in [0.25, 0.3) is 0 Å². The summed E-state index contributed by atoms with van der Waals surface area (Å²) in [5, 5.41) is 3.40. The molecule has 1 aliphatic heterocycles. The molecule has 6 nitrogen and oxygen atoms in total. The monoisotopic (exact) mass is 425 g/mol. The van der Waals surface area contributed by atoms with Crippen LogP contribution in [0, 0.1) is 5.92 Å². The lowest BCUT2D eigenvalue weighted by Crippen LogP contribution is -2.36. The minimum absolute atomic E-state index is 0.0732. The first-order valence-corrected chi connectivity index (χ1v) is 11.3. The maximum atomic E-state index is 13.3. The average molecular weight is 426 g/mol. The van der Waals surface area contributed by atoms with Crippen molar-refractivity contribution in [2.24, 2.45) is 5.92 Å². The first kappa shape index (κ1) is 20.4. The molecule has 1 aromatic carbocycles. The number of rotatable bonds is 5. The molecule has 0 unspecified atom stereocenters. The van der Waals surface area contributed by atoms with Crippen LogP contribution in [0.1, 0.15) is 44.0 Å². The molecule has 2 aromatic heterocycles. The number of allylic oxidation sites excluding steroid dienone is 2. The number of carbonyl (C=O) groups excluding carboxylic acids is 1. The fraction of sp³-hybridized carbons (Fsp3) is 0.308. The number of nitrogens with one attached hydrogen (secondary N) is 1. The third-order valence-corrected chi connectivity index (χ3v) is 6.20. The quantitative estimate of drug-likeness (QED) is 0.562. The third-order valence-electron chi connectivity index (χ3n) is 6.20. The first-order valence-electron chi connectivity index (χ1n) is 11.3. The van der Waals surface area contributed by atoms with Crippen molar-refractivity contribution in [3.05, 3.63) is 78.9 Å². The number of amides is 1. The standard InChI is InChI=1S/C26H27N5O/c32-26(19-9-3-1-4-10-19)31-16-8-14-23(31)25-29-22(20-11-7-15-27-18-20)17-24(30-25)28-21-12-5-2-6-13-21/h1-3,5-7,11-13,15,17-19,23H,4,8-10,14,16H2,(H,28,29,30)/t19-,23-/m0/s1. The zero-order chi connectivity index (χ0) is 21.8. The lowest BCUT2D eigenvalue weighted by atomic mass is 9.93. The summed E-state index contributed by atoms with van der Waals surface area (Å²) in [7, 11) is 0. The van der Waals surface area contributed by atoms with E-state index in [1.807, 2.05) is 59.6 Å². The van der Waals surface area contributed by atoms with Crippen molar-refractivity contribution in [2.45, 2.75) is 38.1 Å². The van der Waals surface area contributed by atoms with Crippen LogP contribution >= 0.6 is 0 Å². The average Bonchev–Trinajstić information content (AvgIpc) is 3.35. The molecule has 3 aromatic rings. The molecule has 162 valence electrons. The largest absolute Gasteiger partial charge is 0.340 e. The van der Waals surface area contributed by atoms with Gasteiger partial charge in [0.1, 0.15) is 5.82 Å². The summed E-state index contributed by atoms with van der Waals surface area (Å²) < 4.78 is 0. The molecule has 2 aliphatic rings. The highest BCUT2D eigenvalue weighted by molar-refractivity contribution is 5.80. The van der Waals surface area contributed by atoms with E-state index in [4.69, 9.17) is 9.97 Å². The molecule has 0 spiro atoms.